The summed E-state index contributed by atoms with van der Waals surface area (Å²) < 4.78 is 2.68. The SMILES string of the molecule is C=CCNc1cc(=O)n(C)c(=O)n1Cc1cc(C)cc(C)c1. The Hall–Kier alpha value is -2.56. The lowest BCUT2D eigenvalue weighted by molar-refractivity contribution is 0.651. The van der Waals surface area contributed by atoms with Crippen molar-refractivity contribution in [1.29, 1.82) is 0 Å². The van der Waals surface area contributed by atoms with E-state index in [1.165, 1.54) is 13.1 Å². The van der Waals surface area contributed by atoms with Crippen LogP contribution in [0, 0.1) is 13.8 Å². The largest absolute Gasteiger partial charge is 0.368 e. The third-order valence-electron chi connectivity index (χ3n) is 3.45. The Morgan fingerprint density at radius 1 is 1.14 bits per heavy atom. The van der Waals surface area contributed by atoms with Crippen molar-refractivity contribution in [3.63, 3.8) is 0 Å². The van der Waals surface area contributed by atoms with Gasteiger partial charge in [-0.3, -0.25) is 13.9 Å². The molecule has 0 fully saturated rings. The van der Waals surface area contributed by atoms with Gasteiger partial charge in [-0.05, 0) is 19.4 Å². The third kappa shape index (κ3) is 3.36. The molecule has 5 nitrogen and oxygen atoms in total. The highest BCUT2D eigenvalue weighted by Crippen LogP contribution is 2.12. The molecule has 0 spiro atoms. The highest BCUT2D eigenvalue weighted by molar-refractivity contribution is 5.37. The van der Waals surface area contributed by atoms with Gasteiger partial charge < -0.3 is 5.32 Å². The minimum atomic E-state index is -0.335. The lowest BCUT2D eigenvalue weighted by atomic mass is 10.1. The second kappa shape index (κ2) is 6.47. The number of hydrogen-bond donors (Lipinski definition) is 1. The van der Waals surface area contributed by atoms with Gasteiger partial charge in [0.2, 0.25) is 0 Å². The molecule has 5 heteroatoms. The summed E-state index contributed by atoms with van der Waals surface area (Å²) in [5.41, 5.74) is 2.66. The fraction of sp³-hybridized carbons (Fsp3) is 0.294. The van der Waals surface area contributed by atoms with E-state index in [1.54, 1.807) is 10.6 Å². The zero-order valence-corrected chi connectivity index (χ0v) is 13.2. The minimum absolute atomic E-state index is 0.326. The Morgan fingerprint density at radius 3 is 2.36 bits per heavy atom. The van der Waals surface area contributed by atoms with Gasteiger partial charge in [0.05, 0.1) is 6.54 Å². The van der Waals surface area contributed by atoms with Crippen LogP contribution in [-0.4, -0.2) is 15.7 Å². The number of aryl methyl sites for hydroxylation is 2. The number of nitrogens with zero attached hydrogens (tertiary/aromatic N) is 2. The molecule has 0 aliphatic heterocycles. The van der Waals surface area contributed by atoms with E-state index in [4.69, 9.17) is 0 Å². The van der Waals surface area contributed by atoms with Crippen LogP contribution in [0.4, 0.5) is 5.82 Å². The summed E-state index contributed by atoms with van der Waals surface area (Å²) >= 11 is 0. The zero-order valence-electron chi connectivity index (χ0n) is 13.2. The van der Waals surface area contributed by atoms with E-state index in [2.05, 4.69) is 18.0 Å². The van der Waals surface area contributed by atoms with E-state index in [9.17, 15) is 9.59 Å². The first-order valence-corrected chi connectivity index (χ1v) is 7.15. The maximum absolute atomic E-state index is 12.4. The van der Waals surface area contributed by atoms with Crippen molar-refractivity contribution in [2.75, 3.05) is 11.9 Å². The van der Waals surface area contributed by atoms with Crippen molar-refractivity contribution in [1.82, 2.24) is 9.13 Å². The molecule has 0 bridgehead atoms. The number of anilines is 1. The highest BCUT2D eigenvalue weighted by Gasteiger charge is 2.09. The van der Waals surface area contributed by atoms with Crippen molar-refractivity contribution in [2.24, 2.45) is 7.05 Å². The van der Waals surface area contributed by atoms with Crippen LogP contribution in [0.1, 0.15) is 16.7 Å². The van der Waals surface area contributed by atoms with E-state index in [0.29, 0.717) is 18.9 Å². The molecule has 1 aromatic heterocycles. The molecule has 0 aliphatic rings. The van der Waals surface area contributed by atoms with Gasteiger partial charge in [-0.15, -0.1) is 6.58 Å². The molecule has 0 unspecified atom stereocenters. The first-order chi connectivity index (χ1) is 10.4. The van der Waals surface area contributed by atoms with E-state index in [0.717, 1.165) is 21.3 Å². The molecule has 0 atom stereocenters. The smallest absolute Gasteiger partial charge is 0.332 e. The first-order valence-electron chi connectivity index (χ1n) is 7.15. The molecule has 116 valence electrons. The maximum Gasteiger partial charge on any atom is 0.332 e. The van der Waals surface area contributed by atoms with E-state index in [-0.39, 0.29) is 11.2 Å². The topological polar surface area (TPSA) is 56.0 Å². The molecule has 0 amide bonds. The van der Waals surface area contributed by atoms with Crippen molar-refractivity contribution >= 4 is 5.82 Å². The quantitative estimate of drug-likeness (QED) is 0.857. The van der Waals surface area contributed by atoms with Crippen LogP contribution in [0.15, 0.2) is 46.5 Å². The molecule has 0 aliphatic carbocycles. The Bertz CT molecular complexity index is 795. The van der Waals surface area contributed by atoms with Crippen LogP contribution >= 0.6 is 0 Å². The summed E-state index contributed by atoms with van der Waals surface area (Å²) in [6.07, 6.45) is 1.68. The number of rotatable bonds is 5. The molecule has 0 radical (unpaired) electrons. The van der Waals surface area contributed by atoms with Crippen LogP contribution < -0.4 is 16.6 Å². The van der Waals surface area contributed by atoms with E-state index < -0.39 is 0 Å². The fourth-order valence-electron chi connectivity index (χ4n) is 2.49. The van der Waals surface area contributed by atoms with E-state index in [1.807, 2.05) is 26.0 Å². The van der Waals surface area contributed by atoms with Gasteiger partial charge in [0.25, 0.3) is 5.56 Å². The Balaban J connectivity index is 2.52. The van der Waals surface area contributed by atoms with Gasteiger partial charge in [0.1, 0.15) is 5.82 Å². The van der Waals surface area contributed by atoms with Crippen molar-refractivity contribution < 1.29 is 0 Å². The third-order valence-corrected chi connectivity index (χ3v) is 3.45. The van der Waals surface area contributed by atoms with Gasteiger partial charge in [-0.25, -0.2) is 4.79 Å². The lowest BCUT2D eigenvalue weighted by Gasteiger charge is -2.15. The molecule has 2 aromatic rings. The Labute approximate surface area is 129 Å². The fourth-order valence-corrected chi connectivity index (χ4v) is 2.49. The summed E-state index contributed by atoms with van der Waals surface area (Å²) in [5.74, 6) is 0.507. The molecule has 1 aromatic carbocycles. The lowest BCUT2D eigenvalue weighted by Crippen LogP contribution is -2.39. The minimum Gasteiger partial charge on any atom is -0.368 e. The van der Waals surface area contributed by atoms with Gasteiger partial charge in [0.15, 0.2) is 0 Å². The average molecular weight is 299 g/mol. The Morgan fingerprint density at radius 2 is 1.77 bits per heavy atom. The molecule has 2 rings (SSSR count). The standard InChI is InChI=1S/C17H21N3O2/c1-5-6-18-15-10-16(21)19(4)17(22)20(15)11-14-8-12(2)7-13(3)9-14/h5,7-10,18H,1,6,11H2,2-4H3. The van der Waals surface area contributed by atoms with E-state index >= 15 is 0 Å². The highest BCUT2D eigenvalue weighted by atomic mass is 16.2. The molecule has 22 heavy (non-hydrogen) atoms. The zero-order chi connectivity index (χ0) is 16.3. The monoisotopic (exact) mass is 299 g/mol. The predicted octanol–water partition coefficient (Wildman–Crippen LogP) is 1.81. The number of benzene rings is 1. The van der Waals surface area contributed by atoms with Gasteiger partial charge in [0, 0.05) is 19.7 Å². The number of nitrogens with one attached hydrogen (secondary N) is 1. The second-order valence-corrected chi connectivity index (χ2v) is 5.46. The molecule has 1 heterocycles. The Kier molecular flexibility index (Phi) is 4.65. The van der Waals surface area contributed by atoms with Gasteiger partial charge in [-0.2, -0.15) is 0 Å². The van der Waals surface area contributed by atoms with Gasteiger partial charge in [-0.1, -0.05) is 35.4 Å². The molecule has 0 saturated heterocycles. The van der Waals surface area contributed by atoms with Crippen LogP contribution in [-0.2, 0) is 13.6 Å². The van der Waals surface area contributed by atoms with Crippen molar-refractivity contribution in [3.05, 3.63) is 74.4 Å². The predicted molar refractivity (Wildman–Crippen MR) is 89.6 cm³/mol. The van der Waals surface area contributed by atoms with Crippen molar-refractivity contribution in [3.8, 4) is 0 Å². The number of hydrogen-bond acceptors (Lipinski definition) is 3. The molecule has 1 N–H and O–H groups in total. The van der Waals surface area contributed by atoms with Crippen LogP contribution in [0.2, 0.25) is 0 Å². The summed E-state index contributed by atoms with van der Waals surface area (Å²) in [5, 5.41) is 3.05. The summed E-state index contributed by atoms with van der Waals surface area (Å²) in [4.78, 5) is 24.2. The molecular weight excluding hydrogens is 278 g/mol. The van der Waals surface area contributed by atoms with Crippen LogP contribution in [0.5, 0.6) is 0 Å². The molecular formula is C17H21N3O2. The van der Waals surface area contributed by atoms with Crippen LogP contribution in [0.25, 0.3) is 0 Å². The average Bonchev–Trinajstić information content (AvgIpc) is 2.45. The number of aromatic nitrogens is 2. The summed E-state index contributed by atoms with van der Waals surface area (Å²) in [6, 6.07) is 7.61. The maximum atomic E-state index is 12.4. The normalized spacial score (nSPS) is 10.5. The van der Waals surface area contributed by atoms with Crippen molar-refractivity contribution in [2.45, 2.75) is 20.4 Å². The summed E-state index contributed by atoms with van der Waals surface area (Å²) in [6.45, 7) is 8.59. The second-order valence-electron chi connectivity index (χ2n) is 5.46. The van der Waals surface area contributed by atoms with Gasteiger partial charge >= 0.3 is 5.69 Å². The summed E-state index contributed by atoms with van der Waals surface area (Å²) in [7, 11) is 1.49. The van der Waals surface area contributed by atoms with Crippen LogP contribution in [0.3, 0.4) is 0 Å². The first kappa shape index (κ1) is 15.8. The molecule has 0 saturated carbocycles.